The largest absolute Gasteiger partial charge is 0.339 e. The number of rotatable bonds is 2. The van der Waals surface area contributed by atoms with Crippen LogP contribution in [0.4, 0.5) is 11.5 Å². The van der Waals surface area contributed by atoms with E-state index < -0.39 is 0 Å². The molecule has 0 saturated carbocycles. The van der Waals surface area contributed by atoms with Crippen LogP contribution < -0.4 is 5.32 Å². The van der Waals surface area contributed by atoms with Gasteiger partial charge in [-0.05, 0) is 39.7 Å². The average Bonchev–Trinajstić information content (AvgIpc) is 2.43. The van der Waals surface area contributed by atoms with E-state index in [1.807, 2.05) is 30.5 Å². The molecule has 0 amide bonds. The predicted octanol–water partition coefficient (Wildman–Crippen LogP) is 4.18. The summed E-state index contributed by atoms with van der Waals surface area (Å²) in [6.07, 6.45) is 5.20. The molecule has 6 heteroatoms. The van der Waals surface area contributed by atoms with Gasteiger partial charge in [-0.1, -0.05) is 12.1 Å². The van der Waals surface area contributed by atoms with Crippen molar-refractivity contribution in [1.82, 2.24) is 15.0 Å². The maximum atomic E-state index is 5.81. The number of fused-ring (bicyclic) bond motifs is 1. The standard InChI is InChI=1S/C13H8BrClN4/c14-10-7-17-13(15)19-12(10)18-11-3-1-2-8-6-16-5-4-9(8)11/h1-7H,(H,17,18,19). The van der Waals surface area contributed by atoms with Crippen molar-refractivity contribution in [3.63, 3.8) is 0 Å². The lowest BCUT2D eigenvalue weighted by Gasteiger charge is -2.10. The van der Waals surface area contributed by atoms with Crippen molar-refractivity contribution in [2.24, 2.45) is 0 Å². The third-order valence-corrected chi connectivity index (χ3v) is 3.41. The SMILES string of the molecule is Clc1ncc(Br)c(Nc2cccc3cnccc23)n1. The molecule has 0 fully saturated rings. The Bertz CT molecular complexity index is 742. The van der Waals surface area contributed by atoms with Gasteiger partial charge in [0.05, 0.1) is 4.47 Å². The van der Waals surface area contributed by atoms with E-state index in [1.54, 1.807) is 12.4 Å². The van der Waals surface area contributed by atoms with Gasteiger partial charge in [-0.15, -0.1) is 0 Å². The predicted molar refractivity (Wildman–Crippen MR) is 79.8 cm³/mol. The van der Waals surface area contributed by atoms with Crippen LogP contribution in [-0.2, 0) is 0 Å². The first kappa shape index (κ1) is 12.3. The number of nitrogens with zero attached hydrogens (tertiary/aromatic N) is 3. The first-order valence-electron chi connectivity index (χ1n) is 5.52. The molecule has 4 nitrogen and oxygen atoms in total. The van der Waals surface area contributed by atoms with Crippen molar-refractivity contribution in [3.8, 4) is 0 Å². The number of halogens is 2. The van der Waals surface area contributed by atoms with Gasteiger partial charge in [-0.25, -0.2) is 4.98 Å². The summed E-state index contributed by atoms with van der Waals surface area (Å²) in [6.45, 7) is 0. The number of benzene rings is 1. The Morgan fingerprint density at radius 3 is 2.95 bits per heavy atom. The maximum Gasteiger partial charge on any atom is 0.224 e. The van der Waals surface area contributed by atoms with Crippen molar-refractivity contribution in [2.75, 3.05) is 5.32 Å². The van der Waals surface area contributed by atoms with Crippen LogP contribution in [0.5, 0.6) is 0 Å². The van der Waals surface area contributed by atoms with Crippen LogP contribution in [0.2, 0.25) is 5.28 Å². The van der Waals surface area contributed by atoms with Gasteiger partial charge in [-0.2, -0.15) is 4.98 Å². The minimum atomic E-state index is 0.201. The molecular formula is C13H8BrClN4. The highest BCUT2D eigenvalue weighted by Gasteiger charge is 2.06. The Balaban J connectivity index is 2.08. The van der Waals surface area contributed by atoms with Crippen molar-refractivity contribution in [3.05, 3.63) is 52.6 Å². The smallest absolute Gasteiger partial charge is 0.224 e. The zero-order valence-electron chi connectivity index (χ0n) is 9.64. The lowest BCUT2D eigenvalue weighted by molar-refractivity contribution is 1.15. The summed E-state index contributed by atoms with van der Waals surface area (Å²) in [5.74, 6) is 0.629. The second-order valence-electron chi connectivity index (χ2n) is 3.86. The quantitative estimate of drug-likeness (QED) is 0.714. The fraction of sp³-hybridized carbons (Fsp3) is 0. The van der Waals surface area contributed by atoms with Gasteiger partial charge in [0.2, 0.25) is 5.28 Å². The van der Waals surface area contributed by atoms with E-state index in [0.29, 0.717) is 5.82 Å². The van der Waals surface area contributed by atoms with Crippen LogP contribution in [0, 0.1) is 0 Å². The van der Waals surface area contributed by atoms with Crippen molar-refractivity contribution in [1.29, 1.82) is 0 Å². The van der Waals surface area contributed by atoms with Crippen LogP contribution in [0.3, 0.4) is 0 Å². The molecule has 0 radical (unpaired) electrons. The molecule has 19 heavy (non-hydrogen) atoms. The summed E-state index contributed by atoms with van der Waals surface area (Å²) in [7, 11) is 0. The normalized spacial score (nSPS) is 10.6. The van der Waals surface area contributed by atoms with Crippen LogP contribution in [-0.4, -0.2) is 15.0 Å². The highest BCUT2D eigenvalue weighted by atomic mass is 79.9. The molecule has 3 rings (SSSR count). The van der Waals surface area contributed by atoms with E-state index >= 15 is 0 Å². The number of hydrogen-bond donors (Lipinski definition) is 1. The number of nitrogens with one attached hydrogen (secondary N) is 1. The third-order valence-electron chi connectivity index (χ3n) is 2.65. The summed E-state index contributed by atoms with van der Waals surface area (Å²) >= 11 is 9.20. The zero-order chi connectivity index (χ0) is 13.2. The molecule has 1 aromatic carbocycles. The lowest BCUT2D eigenvalue weighted by Crippen LogP contribution is -1.97. The summed E-state index contributed by atoms with van der Waals surface area (Å²) in [5.41, 5.74) is 0.940. The fourth-order valence-electron chi connectivity index (χ4n) is 1.79. The topological polar surface area (TPSA) is 50.7 Å². The summed E-state index contributed by atoms with van der Waals surface area (Å²) in [5, 5.41) is 5.57. The van der Waals surface area contributed by atoms with E-state index in [9.17, 15) is 0 Å². The minimum Gasteiger partial charge on any atom is -0.339 e. The Labute approximate surface area is 123 Å². The van der Waals surface area contributed by atoms with Crippen molar-refractivity contribution in [2.45, 2.75) is 0 Å². The molecule has 2 heterocycles. The summed E-state index contributed by atoms with van der Waals surface area (Å²) in [6, 6.07) is 7.90. The maximum absolute atomic E-state index is 5.81. The van der Waals surface area contributed by atoms with E-state index in [-0.39, 0.29) is 5.28 Å². The highest BCUT2D eigenvalue weighted by Crippen LogP contribution is 2.28. The monoisotopic (exact) mass is 334 g/mol. The molecule has 0 unspecified atom stereocenters. The molecule has 0 saturated heterocycles. The molecule has 0 aliphatic heterocycles. The fourth-order valence-corrected chi connectivity index (χ4v) is 2.22. The average molecular weight is 336 g/mol. The van der Waals surface area contributed by atoms with Gasteiger partial charge in [0, 0.05) is 35.1 Å². The summed E-state index contributed by atoms with van der Waals surface area (Å²) < 4.78 is 0.753. The first-order valence-corrected chi connectivity index (χ1v) is 6.69. The minimum absolute atomic E-state index is 0.201. The van der Waals surface area contributed by atoms with Crippen LogP contribution in [0.15, 0.2) is 47.3 Å². The molecule has 0 spiro atoms. The van der Waals surface area contributed by atoms with Gasteiger partial charge in [0.25, 0.3) is 0 Å². The molecule has 1 N–H and O–H groups in total. The van der Waals surface area contributed by atoms with Crippen LogP contribution in [0.25, 0.3) is 10.8 Å². The van der Waals surface area contributed by atoms with E-state index in [1.165, 1.54) is 0 Å². The first-order chi connectivity index (χ1) is 9.24. The number of aromatic nitrogens is 3. The number of anilines is 2. The third kappa shape index (κ3) is 2.52. The van der Waals surface area contributed by atoms with Gasteiger partial charge in [0.1, 0.15) is 5.82 Å². The molecule has 94 valence electrons. The Morgan fingerprint density at radius 1 is 1.16 bits per heavy atom. The van der Waals surface area contributed by atoms with E-state index in [0.717, 1.165) is 20.9 Å². The molecule has 0 aliphatic carbocycles. The Kier molecular flexibility index (Phi) is 3.31. The Hall–Kier alpha value is -1.72. The lowest BCUT2D eigenvalue weighted by atomic mass is 10.1. The van der Waals surface area contributed by atoms with Crippen LogP contribution >= 0.6 is 27.5 Å². The van der Waals surface area contributed by atoms with E-state index in [4.69, 9.17) is 11.6 Å². The molecule has 3 aromatic rings. The van der Waals surface area contributed by atoms with Gasteiger partial charge in [-0.3, -0.25) is 4.98 Å². The number of hydrogen-bond acceptors (Lipinski definition) is 4. The van der Waals surface area contributed by atoms with Gasteiger partial charge < -0.3 is 5.32 Å². The van der Waals surface area contributed by atoms with E-state index in [2.05, 4.69) is 36.2 Å². The second-order valence-corrected chi connectivity index (χ2v) is 5.06. The van der Waals surface area contributed by atoms with Crippen molar-refractivity contribution >= 4 is 49.8 Å². The summed E-state index contributed by atoms with van der Waals surface area (Å²) in [4.78, 5) is 12.2. The molecule has 0 atom stereocenters. The van der Waals surface area contributed by atoms with Crippen molar-refractivity contribution < 1.29 is 0 Å². The molecular weight excluding hydrogens is 328 g/mol. The van der Waals surface area contributed by atoms with Gasteiger partial charge in [0.15, 0.2) is 0 Å². The molecule has 2 aromatic heterocycles. The second kappa shape index (κ2) is 5.11. The number of pyridine rings is 1. The van der Waals surface area contributed by atoms with Gasteiger partial charge >= 0.3 is 0 Å². The molecule has 0 bridgehead atoms. The zero-order valence-corrected chi connectivity index (χ0v) is 12.0. The highest BCUT2D eigenvalue weighted by molar-refractivity contribution is 9.10. The molecule has 0 aliphatic rings. The van der Waals surface area contributed by atoms with Crippen LogP contribution in [0.1, 0.15) is 0 Å². The Morgan fingerprint density at radius 2 is 2.05 bits per heavy atom.